The molecule has 1 aliphatic heterocycles. The number of carbonyl (C=O) groups is 1. The zero-order valence-electron chi connectivity index (χ0n) is 7.81. The number of rotatable bonds is 3. The van der Waals surface area contributed by atoms with E-state index in [9.17, 15) is 35.5 Å². The molecular weight excluding hydrogens is 265 g/mol. The van der Waals surface area contributed by atoms with Gasteiger partial charge in [0.2, 0.25) is 0 Å². The number of cyclic esters (lactones) is 2. The number of alkyl halides is 7. The highest BCUT2D eigenvalue weighted by atomic mass is 19.4. The van der Waals surface area contributed by atoms with Crippen molar-refractivity contribution in [3.05, 3.63) is 0 Å². The number of hydrogen-bond acceptors (Lipinski definition) is 3. The Hall–Kier alpha value is -1.22. The van der Waals surface area contributed by atoms with Gasteiger partial charge < -0.3 is 9.47 Å². The topological polar surface area (TPSA) is 35.5 Å². The normalized spacial score (nSPS) is 26.4. The standard InChI is InChI=1S/C7H5F7O3/c8-3(2-1-16-5(15)17-2)6(11,4(9)10)7(12,13)14/h2-4H,1H2. The molecule has 1 saturated heterocycles. The smallest absolute Gasteiger partial charge is 0.430 e. The third-order valence-corrected chi connectivity index (χ3v) is 2.09. The molecule has 1 fully saturated rings. The Morgan fingerprint density at radius 1 is 1.18 bits per heavy atom. The van der Waals surface area contributed by atoms with Crippen molar-refractivity contribution in [3.8, 4) is 0 Å². The van der Waals surface area contributed by atoms with Gasteiger partial charge in [0.05, 0.1) is 0 Å². The highest BCUT2D eigenvalue weighted by Crippen LogP contribution is 2.44. The van der Waals surface area contributed by atoms with E-state index in [0.29, 0.717) is 0 Å². The Balaban J connectivity index is 2.96. The largest absolute Gasteiger partial charge is 0.508 e. The van der Waals surface area contributed by atoms with Crippen LogP contribution in [0.15, 0.2) is 0 Å². The molecule has 1 heterocycles. The molecule has 0 amide bonds. The maximum atomic E-state index is 13.1. The second kappa shape index (κ2) is 4.22. The molecule has 100 valence electrons. The van der Waals surface area contributed by atoms with Crippen LogP contribution in [0.5, 0.6) is 0 Å². The molecule has 10 heteroatoms. The van der Waals surface area contributed by atoms with Crippen molar-refractivity contribution in [1.29, 1.82) is 0 Å². The van der Waals surface area contributed by atoms with E-state index in [4.69, 9.17) is 0 Å². The van der Waals surface area contributed by atoms with Crippen molar-refractivity contribution < 1.29 is 45.0 Å². The summed E-state index contributed by atoms with van der Waals surface area (Å²) in [4.78, 5) is 10.3. The summed E-state index contributed by atoms with van der Waals surface area (Å²) in [5, 5.41) is 0. The predicted molar refractivity (Wildman–Crippen MR) is 37.0 cm³/mol. The van der Waals surface area contributed by atoms with Crippen LogP contribution in [-0.2, 0) is 9.47 Å². The minimum absolute atomic E-state index is 1.06. The van der Waals surface area contributed by atoms with E-state index in [-0.39, 0.29) is 0 Å². The fraction of sp³-hybridized carbons (Fsp3) is 0.857. The van der Waals surface area contributed by atoms with E-state index in [1.54, 1.807) is 0 Å². The van der Waals surface area contributed by atoms with Crippen LogP contribution in [0.25, 0.3) is 0 Å². The van der Waals surface area contributed by atoms with E-state index in [1.807, 2.05) is 0 Å². The fourth-order valence-corrected chi connectivity index (χ4v) is 1.16. The molecule has 1 rings (SSSR count). The van der Waals surface area contributed by atoms with Crippen molar-refractivity contribution >= 4 is 6.16 Å². The Bertz CT molecular complexity index is 304. The van der Waals surface area contributed by atoms with Gasteiger partial charge >= 0.3 is 12.3 Å². The maximum absolute atomic E-state index is 13.1. The Kier molecular flexibility index (Phi) is 3.44. The van der Waals surface area contributed by atoms with E-state index in [2.05, 4.69) is 9.47 Å². The van der Waals surface area contributed by atoms with Crippen LogP contribution in [0.4, 0.5) is 35.5 Å². The fourth-order valence-electron chi connectivity index (χ4n) is 1.16. The predicted octanol–water partition coefficient (Wildman–Crippen LogP) is 2.40. The van der Waals surface area contributed by atoms with Gasteiger partial charge in [0.25, 0.3) is 12.1 Å². The summed E-state index contributed by atoms with van der Waals surface area (Å²) in [5.41, 5.74) is -5.41. The first-order chi connectivity index (χ1) is 7.60. The van der Waals surface area contributed by atoms with Crippen LogP contribution in [-0.4, -0.2) is 43.3 Å². The van der Waals surface area contributed by atoms with Gasteiger partial charge in [-0.2, -0.15) is 13.2 Å². The van der Waals surface area contributed by atoms with E-state index >= 15 is 0 Å². The van der Waals surface area contributed by atoms with Crippen LogP contribution in [0, 0.1) is 0 Å². The second-order valence-corrected chi connectivity index (χ2v) is 3.19. The molecule has 0 radical (unpaired) electrons. The number of hydrogen-bond donors (Lipinski definition) is 0. The van der Waals surface area contributed by atoms with Crippen molar-refractivity contribution in [2.45, 2.75) is 30.5 Å². The van der Waals surface area contributed by atoms with Crippen molar-refractivity contribution in [3.63, 3.8) is 0 Å². The molecule has 0 spiro atoms. The monoisotopic (exact) mass is 270 g/mol. The summed E-state index contributed by atoms with van der Waals surface area (Å²) in [5.74, 6) is 0. The zero-order chi connectivity index (χ0) is 13.4. The summed E-state index contributed by atoms with van der Waals surface area (Å²) in [6, 6.07) is 0. The lowest BCUT2D eigenvalue weighted by Crippen LogP contribution is -2.58. The van der Waals surface area contributed by atoms with E-state index in [1.165, 1.54) is 0 Å². The average Bonchev–Trinajstić information content (AvgIpc) is 2.60. The second-order valence-electron chi connectivity index (χ2n) is 3.19. The minimum Gasteiger partial charge on any atom is -0.430 e. The lowest BCUT2D eigenvalue weighted by atomic mass is 9.95. The van der Waals surface area contributed by atoms with E-state index in [0.717, 1.165) is 0 Å². The molecule has 3 unspecified atom stereocenters. The molecule has 0 bridgehead atoms. The van der Waals surface area contributed by atoms with Crippen LogP contribution in [0.3, 0.4) is 0 Å². The van der Waals surface area contributed by atoms with Crippen LogP contribution in [0.2, 0.25) is 0 Å². The van der Waals surface area contributed by atoms with Gasteiger partial charge in [-0.25, -0.2) is 22.4 Å². The highest BCUT2D eigenvalue weighted by Gasteiger charge is 2.70. The number of carbonyl (C=O) groups excluding carboxylic acids is 1. The lowest BCUT2D eigenvalue weighted by Gasteiger charge is -2.31. The van der Waals surface area contributed by atoms with Gasteiger partial charge in [0.1, 0.15) is 6.61 Å². The summed E-state index contributed by atoms with van der Waals surface area (Å²) < 4.78 is 94.3. The van der Waals surface area contributed by atoms with E-state index < -0.39 is 43.3 Å². The average molecular weight is 270 g/mol. The van der Waals surface area contributed by atoms with Gasteiger partial charge in [0.15, 0.2) is 12.3 Å². The van der Waals surface area contributed by atoms with Crippen LogP contribution >= 0.6 is 0 Å². The molecule has 0 saturated carbocycles. The Morgan fingerprint density at radius 3 is 2.00 bits per heavy atom. The third-order valence-electron chi connectivity index (χ3n) is 2.09. The molecule has 17 heavy (non-hydrogen) atoms. The minimum atomic E-state index is -6.14. The maximum Gasteiger partial charge on any atom is 0.508 e. The van der Waals surface area contributed by atoms with Gasteiger partial charge in [-0.15, -0.1) is 0 Å². The number of ether oxygens (including phenoxy) is 2. The van der Waals surface area contributed by atoms with Crippen molar-refractivity contribution in [2.24, 2.45) is 0 Å². The Labute approximate surface area is 89.5 Å². The lowest BCUT2D eigenvalue weighted by molar-refractivity contribution is -0.294. The van der Waals surface area contributed by atoms with Gasteiger partial charge in [0, 0.05) is 0 Å². The zero-order valence-corrected chi connectivity index (χ0v) is 7.81. The highest BCUT2D eigenvalue weighted by molar-refractivity contribution is 5.62. The molecule has 3 nitrogen and oxygen atoms in total. The third kappa shape index (κ3) is 2.25. The van der Waals surface area contributed by atoms with Crippen LogP contribution in [0.1, 0.15) is 0 Å². The summed E-state index contributed by atoms with van der Waals surface area (Å²) in [7, 11) is 0. The molecular formula is C7H5F7O3. The molecule has 0 aromatic carbocycles. The summed E-state index contributed by atoms with van der Waals surface area (Å²) in [6.45, 7) is -1.06. The molecule has 1 aliphatic rings. The molecule has 3 atom stereocenters. The van der Waals surface area contributed by atoms with Crippen LogP contribution < -0.4 is 0 Å². The summed E-state index contributed by atoms with van der Waals surface area (Å²) >= 11 is 0. The van der Waals surface area contributed by atoms with Gasteiger partial charge in [-0.3, -0.25) is 0 Å². The summed E-state index contributed by atoms with van der Waals surface area (Å²) in [6.07, 6.45) is -18.5. The van der Waals surface area contributed by atoms with Crippen molar-refractivity contribution in [2.75, 3.05) is 6.61 Å². The van der Waals surface area contributed by atoms with Crippen molar-refractivity contribution in [1.82, 2.24) is 0 Å². The first-order valence-electron chi connectivity index (χ1n) is 4.12. The molecule has 0 N–H and O–H groups in total. The first-order valence-corrected chi connectivity index (χ1v) is 4.12. The number of halogens is 7. The van der Waals surface area contributed by atoms with Gasteiger partial charge in [-0.05, 0) is 0 Å². The molecule has 0 aliphatic carbocycles. The van der Waals surface area contributed by atoms with Gasteiger partial charge in [-0.1, -0.05) is 0 Å². The quantitative estimate of drug-likeness (QED) is 0.583. The molecule has 0 aromatic heterocycles. The Morgan fingerprint density at radius 2 is 1.71 bits per heavy atom. The SMILES string of the molecule is O=C1OCC(C(F)C(F)(C(F)F)C(F)(F)F)O1. The first kappa shape index (κ1) is 13.8. The molecule has 0 aromatic rings.